The number of nitrogens with zero attached hydrogens (tertiary/aromatic N) is 1. The molecule has 0 aliphatic rings. The van der Waals surface area contributed by atoms with Crippen LogP contribution in [-0.4, -0.2) is 0 Å². The maximum Gasteiger partial charge on any atom is 0.0547 e. The molecular weight excluding hydrogens is 719 g/mol. The van der Waals surface area contributed by atoms with Gasteiger partial charge in [0, 0.05) is 37.1 Å². The van der Waals surface area contributed by atoms with E-state index in [4.69, 9.17) is 0 Å². The van der Waals surface area contributed by atoms with Crippen LogP contribution < -0.4 is 4.90 Å². The molecule has 10 aromatic carbocycles. The van der Waals surface area contributed by atoms with Gasteiger partial charge in [-0.25, -0.2) is 0 Å². The Kier molecular flexibility index (Phi) is 8.42. The SMILES string of the molecule is c1ccc(-c2ccc(N(c3ccc(-c4cc5ccccc5c5ccccc45)cc3)c3ccc4sc5ccccc5c4c3-c3cccc(-c4ccccc4)c3)cc2)cc1. The van der Waals surface area contributed by atoms with Crippen molar-refractivity contribution in [2.24, 2.45) is 0 Å². The minimum atomic E-state index is 1.10. The number of hydrogen-bond donors (Lipinski definition) is 0. The van der Waals surface area contributed by atoms with Crippen molar-refractivity contribution in [2.45, 2.75) is 0 Å². The van der Waals surface area contributed by atoms with E-state index in [1.807, 2.05) is 11.3 Å². The number of benzene rings is 10. The van der Waals surface area contributed by atoms with E-state index in [0.717, 1.165) is 17.1 Å². The normalized spacial score (nSPS) is 11.4. The molecule has 1 heterocycles. The van der Waals surface area contributed by atoms with Gasteiger partial charge in [0.05, 0.1) is 5.69 Å². The first kappa shape index (κ1) is 34.0. The summed E-state index contributed by atoms with van der Waals surface area (Å²) in [5, 5.41) is 7.63. The summed E-state index contributed by atoms with van der Waals surface area (Å²) in [7, 11) is 0. The first-order valence-corrected chi connectivity index (χ1v) is 20.7. The summed E-state index contributed by atoms with van der Waals surface area (Å²) < 4.78 is 2.57. The third-order valence-corrected chi connectivity index (χ3v) is 12.6. The van der Waals surface area contributed by atoms with E-state index in [2.05, 4.69) is 229 Å². The van der Waals surface area contributed by atoms with E-state index in [1.165, 1.54) is 86.2 Å². The molecule has 58 heavy (non-hydrogen) atoms. The molecule has 1 nitrogen and oxygen atoms in total. The molecule has 0 amide bonds. The van der Waals surface area contributed by atoms with E-state index in [-0.39, 0.29) is 0 Å². The first-order valence-electron chi connectivity index (χ1n) is 19.8. The average Bonchev–Trinajstić information content (AvgIpc) is 3.69. The van der Waals surface area contributed by atoms with Gasteiger partial charge in [0.2, 0.25) is 0 Å². The van der Waals surface area contributed by atoms with Crippen LogP contribution >= 0.6 is 11.3 Å². The lowest BCUT2D eigenvalue weighted by Crippen LogP contribution is -2.11. The van der Waals surface area contributed by atoms with Gasteiger partial charge in [0.1, 0.15) is 0 Å². The lowest BCUT2D eigenvalue weighted by molar-refractivity contribution is 1.29. The van der Waals surface area contributed by atoms with E-state index in [9.17, 15) is 0 Å². The molecule has 0 aliphatic heterocycles. The number of hydrogen-bond acceptors (Lipinski definition) is 2. The number of fused-ring (bicyclic) bond motifs is 6. The second-order valence-corrected chi connectivity index (χ2v) is 15.9. The Morgan fingerprint density at radius 2 is 0.845 bits per heavy atom. The van der Waals surface area contributed by atoms with Gasteiger partial charge in [0.15, 0.2) is 0 Å². The highest BCUT2D eigenvalue weighted by atomic mass is 32.1. The van der Waals surface area contributed by atoms with Crippen LogP contribution in [-0.2, 0) is 0 Å². The molecule has 0 aliphatic carbocycles. The Hall–Kier alpha value is -7.26. The molecule has 0 N–H and O–H groups in total. The van der Waals surface area contributed by atoms with E-state index in [0.29, 0.717) is 0 Å². The van der Waals surface area contributed by atoms with Gasteiger partial charge in [-0.1, -0.05) is 170 Å². The van der Waals surface area contributed by atoms with Crippen LogP contribution in [0.3, 0.4) is 0 Å². The van der Waals surface area contributed by atoms with Crippen molar-refractivity contribution in [3.05, 3.63) is 224 Å². The maximum absolute atomic E-state index is 2.45. The molecule has 272 valence electrons. The van der Waals surface area contributed by atoms with Crippen molar-refractivity contribution in [3.8, 4) is 44.5 Å². The summed E-state index contributed by atoms with van der Waals surface area (Å²) in [4.78, 5) is 2.45. The number of anilines is 3. The topological polar surface area (TPSA) is 3.24 Å². The van der Waals surface area contributed by atoms with Crippen molar-refractivity contribution in [2.75, 3.05) is 4.90 Å². The number of rotatable bonds is 7. The fraction of sp³-hybridized carbons (Fsp3) is 0. The Labute approximate surface area is 342 Å². The summed E-state index contributed by atoms with van der Waals surface area (Å²) in [5.74, 6) is 0. The highest BCUT2D eigenvalue weighted by Crippen LogP contribution is 2.49. The lowest BCUT2D eigenvalue weighted by Gasteiger charge is -2.29. The van der Waals surface area contributed by atoms with Gasteiger partial charge in [-0.3, -0.25) is 0 Å². The fourth-order valence-electron chi connectivity index (χ4n) is 8.71. The predicted molar refractivity (Wildman–Crippen MR) is 251 cm³/mol. The van der Waals surface area contributed by atoms with Gasteiger partial charge >= 0.3 is 0 Å². The lowest BCUT2D eigenvalue weighted by atomic mass is 9.92. The van der Waals surface area contributed by atoms with Crippen molar-refractivity contribution in [3.63, 3.8) is 0 Å². The minimum Gasteiger partial charge on any atom is -0.310 e. The standard InChI is InChI=1S/C56H37NS/c1-3-14-38(15-4-1)40-26-30-45(31-27-40)57(46-32-28-41(29-33-46)51-37-43-18-7-8-21-47(43)48-22-9-10-23-49(48)51)52-34-35-54-56(50-24-11-12-25-53(50)58-54)55(52)44-20-13-19-42(36-44)39-16-5-2-6-17-39/h1-37H. The zero-order valence-corrected chi connectivity index (χ0v) is 32.5. The smallest absolute Gasteiger partial charge is 0.0547 e. The van der Waals surface area contributed by atoms with Crippen LogP contribution in [0.5, 0.6) is 0 Å². The largest absolute Gasteiger partial charge is 0.310 e. The first-order chi connectivity index (χ1) is 28.8. The molecule has 11 rings (SSSR count). The molecule has 0 unspecified atom stereocenters. The van der Waals surface area contributed by atoms with Gasteiger partial charge in [0.25, 0.3) is 0 Å². The molecular formula is C56H37NS. The van der Waals surface area contributed by atoms with Crippen LogP contribution in [0.1, 0.15) is 0 Å². The molecule has 0 saturated carbocycles. The molecule has 2 heteroatoms. The molecule has 11 aromatic rings. The Morgan fingerprint density at radius 3 is 1.57 bits per heavy atom. The van der Waals surface area contributed by atoms with Crippen LogP contribution in [0, 0.1) is 0 Å². The third kappa shape index (κ3) is 5.94. The molecule has 0 atom stereocenters. The zero-order valence-electron chi connectivity index (χ0n) is 31.7. The predicted octanol–water partition coefficient (Wildman–Crippen LogP) is 16.5. The van der Waals surface area contributed by atoms with Crippen LogP contribution in [0.2, 0.25) is 0 Å². The monoisotopic (exact) mass is 755 g/mol. The number of thiophene rings is 1. The second kappa shape index (κ2) is 14.4. The second-order valence-electron chi connectivity index (χ2n) is 14.9. The summed E-state index contributed by atoms with van der Waals surface area (Å²) in [6.07, 6.45) is 0. The van der Waals surface area contributed by atoms with Crippen molar-refractivity contribution < 1.29 is 0 Å². The third-order valence-electron chi connectivity index (χ3n) is 11.5. The van der Waals surface area contributed by atoms with Crippen LogP contribution in [0.25, 0.3) is 86.2 Å². The molecule has 0 fully saturated rings. The van der Waals surface area contributed by atoms with E-state index >= 15 is 0 Å². The molecule has 0 radical (unpaired) electrons. The van der Waals surface area contributed by atoms with Crippen molar-refractivity contribution >= 4 is 70.1 Å². The van der Waals surface area contributed by atoms with E-state index < -0.39 is 0 Å². The fourth-order valence-corrected chi connectivity index (χ4v) is 9.83. The van der Waals surface area contributed by atoms with Gasteiger partial charge < -0.3 is 4.90 Å². The zero-order chi connectivity index (χ0) is 38.4. The molecule has 0 saturated heterocycles. The minimum absolute atomic E-state index is 1.10. The van der Waals surface area contributed by atoms with Gasteiger partial charge in [-0.15, -0.1) is 11.3 Å². The Morgan fingerprint density at radius 1 is 0.310 bits per heavy atom. The van der Waals surface area contributed by atoms with Crippen LogP contribution in [0.15, 0.2) is 224 Å². The summed E-state index contributed by atoms with van der Waals surface area (Å²) in [6, 6.07) is 82.0. The van der Waals surface area contributed by atoms with Gasteiger partial charge in [-0.05, 0) is 115 Å². The molecule has 0 bridgehead atoms. The van der Waals surface area contributed by atoms with Crippen molar-refractivity contribution in [1.29, 1.82) is 0 Å². The highest BCUT2D eigenvalue weighted by Gasteiger charge is 2.23. The van der Waals surface area contributed by atoms with Crippen LogP contribution in [0.4, 0.5) is 17.1 Å². The quantitative estimate of drug-likeness (QED) is 0.146. The summed E-state index contributed by atoms with van der Waals surface area (Å²) in [6.45, 7) is 0. The Bertz CT molecular complexity index is 3250. The molecule has 0 spiro atoms. The summed E-state index contributed by atoms with van der Waals surface area (Å²) >= 11 is 1.87. The average molecular weight is 756 g/mol. The van der Waals surface area contributed by atoms with Gasteiger partial charge in [-0.2, -0.15) is 0 Å². The molecule has 1 aromatic heterocycles. The maximum atomic E-state index is 2.45. The van der Waals surface area contributed by atoms with Crippen molar-refractivity contribution in [1.82, 2.24) is 0 Å². The Balaban J connectivity index is 1.14. The van der Waals surface area contributed by atoms with E-state index in [1.54, 1.807) is 0 Å². The summed E-state index contributed by atoms with van der Waals surface area (Å²) in [5.41, 5.74) is 13.0. The highest BCUT2D eigenvalue weighted by molar-refractivity contribution is 7.26.